The number of hydrogen-bond donors (Lipinski definition) is 0. The molecule has 112 valence electrons. The Morgan fingerprint density at radius 3 is 2.00 bits per heavy atom. The van der Waals surface area contributed by atoms with E-state index in [4.69, 9.17) is 0 Å². The molecule has 1 atom stereocenters. The van der Waals surface area contributed by atoms with E-state index in [1.807, 2.05) is 0 Å². The van der Waals surface area contributed by atoms with Crippen molar-refractivity contribution in [2.24, 2.45) is 0 Å². The molecule has 0 aliphatic carbocycles. The van der Waals surface area contributed by atoms with Crippen LogP contribution in [-0.2, 0) is 6.18 Å². The molecule has 1 unspecified atom stereocenters. The van der Waals surface area contributed by atoms with Gasteiger partial charge in [-0.15, -0.1) is 0 Å². The van der Waals surface area contributed by atoms with Crippen molar-refractivity contribution in [1.29, 1.82) is 0 Å². The van der Waals surface area contributed by atoms with E-state index in [-0.39, 0.29) is 11.1 Å². The van der Waals surface area contributed by atoms with Crippen LogP contribution in [0.15, 0.2) is 36.4 Å². The summed E-state index contributed by atoms with van der Waals surface area (Å²) in [4.78, 5) is -1.03. The van der Waals surface area contributed by atoms with Crippen molar-refractivity contribution in [2.75, 3.05) is 0 Å². The first-order valence-corrected chi connectivity index (χ1v) is 6.57. The fraction of sp³-hybridized carbons (Fsp3) is 0.143. The predicted molar refractivity (Wildman–Crippen MR) is 68.5 cm³/mol. The first-order valence-electron chi connectivity index (χ1n) is 5.66. The van der Waals surface area contributed by atoms with E-state index >= 15 is 0 Å². The summed E-state index contributed by atoms with van der Waals surface area (Å²) >= 11 is 3.01. The zero-order chi connectivity index (χ0) is 15.8. The molecule has 0 spiro atoms. The Morgan fingerprint density at radius 2 is 1.43 bits per heavy atom. The number of hydrogen-bond acceptors (Lipinski definition) is 0. The molecule has 0 aliphatic heterocycles. The second kappa shape index (κ2) is 5.71. The van der Waals surface area contributed by atoms with Crippen LogP contribution in [0.4, 0.5) is 26.3 Å². The summed E-state index contributed by atoms with van der Waals surface area (Å²) in [5.74, 6) is -3.14. The van der Waals surface area contributed by atoms with Crippen molar-refractivity contribution in [3.63, 3.8) is 0 Å². The van der Waals surface area contributed by atoms with E-state index in [0.717, 1.165) is 18.2 Å². The van der Waals surface area contributed by atoms with Crippen LogP contribution in [0.25, 0.3) is 0 Å². The van der Waals surface area contributed by atoms with Crippen LogP contribution in [0.3, 0.4) is 0 Å². The van der Waals surface area contributed by atoms with Crippen LogP contribution in [0.5, 0.6) is 0 Å². The van der Waals surface area contributed by atoms with Crippen molar-refractivity contribution < 1.29 is 26.3 Å². The molecule has 2 aromatic rings. The van der Waals surface area contributed by atoms with Crippen molar-refractivity contribution in [3.8, 4) is 0 Å². The Hall–Kier alpha value is -1.50. The maximum atomic E-state index is 13.7. The molecule has 0 saturated heterocycles. The first kappa shape index (κ1) is 15.9. The molecule has 2 aromatic carbocycles. The van der Waals surface area contributed by atoms with Crippen LogP contribution in [0, 0.1) is 17.5 Å². The third-order valence-corrected chi connectivity index (χ3v) is 3.85. The lowest BCUT2D eigenvalue weighted by molar-refractivity contribution is -0.137. The number of halogens is 7. The van der Waals surface area contributed by atoms with Gasteiger partial charge in [0.2, 0.25) is 0 Å². The molecule has 7 heteroatoms. The molecular formula is C14H7BrF6. The molecule has 0 aliphatic rings. The standard InChI is InChI=1S/C14H7BrF6/c15-13(7-1-3-11(17)12(18)5-7)9-6-8(14(19,20)21)2-4-10(9)16/h1-6,13H. The van der Waals surface area contributed by atoms with Gasteiger partial charge in [-0.2, -0.15) is 13.2 Å². The second-order valence-corrected chi connectivity index (χ2v) is 5.19. The topological polar surface area (TPSA) is 0 Å². The van der Waals surface area contributed by atoms with Gasteiger partial charge in [0, 0.05) is 5.56 Å². The maximum Gasteiger partial charge on any atom is 0.416 e. The van der Waals surface area contributed by atoms with E-state index in [1.54, 1.807) is 0 Å². The number of benzene rings is 2. The van der Waals surface area contributed by atoms with Gasteiger partial charge in [0.1, 0.15) is 5.82 Å². The maximum absolute atomic E-state index is 13.7. The van der Waals surface area contributed by atoms with Gasteiger partial charge in [0.05, 0.1) is 10.4 Å². The average Bonchev–Trinajstić information content (AvgIpc) is 2.40. The molecule has 0 heterocycles. The second-order valence-electron chi connectivity index (χ2n) is 4.27. The van der Waals surface area contributed by atoms with Crippen LogP contribution in [0.1, 0.15) is 21.5 Å². The van der Waals surface area contributed by atoms with Crippen molar-refractivity contribution in [1.82, 2.24) is 0 Å². The van der Waals surface area contributed by atoms with Crippen LogP contribution in [0.2, 0.25) is 0 Å². The van der Waals surface area contributed by atoms with E-state index in [0.29, 0.717) is 18.2 Å². The zero-order valence-electron chi connectivity index (χ0n) is 10.2. The predicted octanol–water partition coefficient (Wildman–Crippen LogP) is 5.61. The van der Waals surface area contributed by atoms with Crippen LogP contribution in [-0.4, -0.2) is 0 Å². The zero-order valence-corrected chi connectivity index (χ0v) is 11.8. The summed E-state index contributed by atoms with van der Waals surface area (Å²) < 4.78 is 77.6. The summed E-state index contributed by atoms with van der Waals surface area (Å²) in [6.07, 6.45) is -4.62. The van der Waals surface area contributed by atoms with Gasteiger partial charge < -0.3 is 0 Å². The minimum atomic E-state index is -4.62. The smallest absolute Gasteiger partial charge is 0.207 e. The largest absolute Gasteiger partial charge is 0.416 e. The first-order chi connectivity index (χ1) is 9.70. The highest BCUT2D eigenvalue weighted by Gasteiger charge is 2.32. The molecule has 0 fully saturated rings. The van der Waals surface area contributed by atoms with Crippen LogP contribution < -0.4 is 0 Å². The summed E-state index contributed by atoms with van der Waals surface area (Å²) in [6.45, 7) is 0. The van der Waals surface area contributed by atoms with Gasteiger partial charge in [0.25, 0.3) is 0 Å². The Morgan fingerprint density at radius 1 is 0.810 bits per heavy atom. The van der Waals surface area contributed by atoms with Crippen molar-refractivity contribution in [3.05, 3.63) is 70.5 Å². The number of rotatable bonds is 2. The lowest BCUT2D eigenvalue weighted by Gasteiger charge is -2.15. The van der Waals surface area contributed by atoms with Gasteiger partial charge >= 0.3 is 6.18 Å². The molecule has 0 nitrogen and oxygen atoms in total. The van der Waals surface area contributed by atoms with E-state index in [9.17, 15) is 26.3 Å². The monoisotopic (exact) mass is 368 g/mol. The summed E-state index contributed by atoms with van der Waals surface area (Å²) in [6, 6.07) is 4.72. The SMILES string of the molecule is Fc1ccc(C(Br)c2cc(C(F)(F)F)ccc2F)cc1F. The molecule has 0 aromatic heterocycles. The Labute approximate surface area is 124 Å². The molecule has 0 radical (unpaired) electrons. The van der Waals surface area contributed by atoms with Crippen molar-refractivity contribution >= 4 is 15.9 Å². The Kier molecular flexibility index (Phi) is 4.32. The number of alkyl halides is 4. The van der Waals surface area contributed by atoms with E-state index in [2.05, 4.69) is 15.9 Å². The van der Waals surface area contributed by atoms with Gasteiger partial charge in [-0.3, -0.25) is 0 Å². The quantitative estimate of drug-likeness (QED) is 0.477. The molecule has 0 amide bonds. The van der Waals surface area contributed by atoms with Gasteiger partial charge in [-0.1, -0.05) is 22.0 Å². The normalized spacial score (nSPS) is 13.3. The molecule has 0 saturated carbocycles. The molecule has 0 N–H and O–H groups in total. The van der Waals surface area contributed by atoms with Gasteiger partial charge in [0.15, 0.2) is 11.6 Å². The summed E-state index contributed by atoms with van der Waals surface area (Å²) in [7, 11) is 0. The third kappa shape index (κ3) is 3.40. The highest BCUT2D eigenvalue weighted by Crippen LogP contribution is 2.37. The highest BCUT2D eigenvalue weighted by molar-refractivity contribution is 9.09. The van der Waals surface area contributed by atoms with Gasteiger partial charge in [-0.25, -0.2) is 13.2 Å². The Bertz CT molecular complexity index is 665. The lowest BCUT2D eigenvalue weighted by Crippen LogP contribution is -2.07. The summed E-state index contributed by atoms with van der Waals surface area (Å²) in [5.41, 5.74) is -1.23. The fourth-order valence-electron chi connectivity index (χ4n) is 1.76. The van der Waals surface area contributed by atoms with Crippen molar-refractivity contribution in [2.45, 2.75) is 11.0 Å². The molecule has 2 rings (SSSR count). The van der Waals surface area contributed by atoms with E-state index in [1.165, 1.54) is 0 Å². The minimum Gasteiger partial charge on any atom is -0.207 e. The minimum absolute atomic E-state index is 0.104. The Balaban J connectivity index is 2.47. The fourth-order valence-corrected chi connectivity index (χ4v) is 2.40. The average molecular weight is 369 g/mol. The molecule has 21 heavy (non-hydrogen) atoms. The van der Waals surface area contributed by atoms with Gasteiger partial charge in [-0.05, 0) is 35.9 Å². The molecule has 0 bridgehead atoms. The lowest BCUT2D eigenvalue weighted by atomic mass is 10.0. The van der Waals surface area contributed by atoms with E-state index < -0.39 is 34.0 Å². The molecular weight excluding hydrogens is 362 g/mol. The highest BCUT2D eigenvalue weighted by atomic mass is 79.9. The van der Waals surface area contributed by atoms with Crippen LogP contribution >= 0.6 is 15.9 Å². The third-order valence-electron chi connectivity index (χ3n) is 2.83. The summed E-state index contributed by atoms with van der Waals surface area (Å²) in [5, 5.41) is 0.